The molecule has 3 aromatic heterocycles. The summed E-state index contributed by atoms with van der Waals surface area (Å²) in [7, 11) is 0. The van der Waals surface area contributed by atoms with Gasteiger partial charge in [0.1, 0.15) is 23.5 Å². The Morgan fingerprint density at radius 2 is 1.85 bits per heavy atom. The van der Waals surface area contributed by atoms with Gasteiger partial charge in [0, 0.05) is 48.3 Å². The van der Waals surface area contributed by atoms with Crippen molar-refractivity contribution in [3.8, 4) is 11.1 Å². The zero-order chi connectivity index (χ0) is 32.4. The molecule has 6 rings (SSSR count). The number of nitrogens with two attached hydrogens (primary N) is 1. The molecule has 1 aliphatic carbocycles. The van der Waals surface area contributed by atoms with E-state index in [1.165, 1.54) is 18.2 Å². The number of hydrogen-bond donors (Lipinski definition) is 3. The smallest absolute Gasteiger partial charge is 0.407 e. The zero-order valence-electron chi connectivity index (χ0n) is 26.3. The Labute approximate surface area is 272 Å². The lowest BCUT2D eigenvalue weighted by Gasteiger charge is -2.31. The molecule has 4 aromatic rings. The highest BCUT2D eigenvalue weighted by Crippen LogP contribution is 2.33. The number of alkyl carbamates (subject to hydrolysis) is 1. The van der Waals surface area contributed by atoms with Crippen molar-refractivity contribution in [3.63, 3.8) is 0 Å². The van der Waals surface area contributed by atoms with E-state index >= 15 is 0 Å². The molecule has 4 N–H and O–H groups in total. The Bertz CT molecular complexity index is 1730. The molecule has 11 nitrogen and oxygen atoms in total. The summed E-state index contributed by atoms with van der Waals surface area (Å²) in [5, 5.41) is 16.2. The van der Waals surface area contributed by atoms with Crippen LogP contribution in [0.5, 0.6) is 0 Å². The molecule has 1 saturated heterocycles. The number of benzene rings is 1. The van der Waals surface area contributed by atoms with Crippen LogP contribution in [-0.2, 0) is 9.47 Å². The van der Waals surface area contributed by atoms with Crippen LogP contribution in [0.4, 0.5) is 20.6 Å². The number of nitrogens with one attached hydrogen (secondary N) is 2. The highest BCUT2D eigenvalue weighted by molar-refractivity contribution is 6.33. The number of rotatable bonds is 7. The Morgan fingerprint density at radius 3 is 2.59 bits per heavy atom. The van der Waals surface area contributed by atoms with E-state index in [-0.39, 0.29) is 34.9 Å². The van der Waals surface area contributed by atoms with E-state index in [1.54, 1.807) is 10.7 Å². The van der Waals surface area contributed by atoms with Gasteiger partial charge in [-0.25, -0.2) is 23.4 Å². The molecule has 2 aliphatic rings. The second kappa shape index (κ2) is 13.3. The van der Waals surface area contributed by atoms with Crippen molar-refractivity contribution in [3.05, 3.63) is 65.5 Å². The molecule has 1 aliphatic heterocycles. The number of ether oxygens (including phenoxy) is 2. The monoisotopic (exact) mass is 650 g/mol. The van der Waals surface area contributed by atoms with Crippen molar-refractivity contribution >= 4 is 40.4 Å². The average molecular weight is 651 g/mol. The van der Waals surface area contributed by atoms with Gasteiger partial charge in [-0.1, -0.05) is 11.6 Å². The van der Waals surface area contributed by atoms with Crippen LogP contribution in [0.15, 0.2) is 54.0 Å². The van der Waals surface area contributed by atoms with Crippen molar-refractivity contribution in [2.75, 3.05) is 11.9 Å². The van der Waals surface area contributed by atoms with E-state index < -0.39 is 17.5 Å². The largest absolute Gasteiger partial charge is 0.444 e. The lowest BCUT2D eigenvalue weighted by Crippen LogP contribution is -2.42. The molecule has 1 unspecified atom stereocenters. The Balaban J connectivity index is 1.29. The summed E-state index contributed by atoms with van der Waals surface area (Å²) in [6.07, 6.45) is 13.3. The number of nitrogens with zero attached hydrogens (tertiary/aromatic N) is 5. The summed E-state index contributed by atoms with van der Waals surface area (Å²) in [5.41, 5.74) is 10.2. The molecule has 244 valence electrons. The molecule has 13 heteroatoms. The molecule has 0 radical (unpaired) electrons. The fraction of sp³-hybridized carbons (Fsp3) is 0.455. The van der Waals surface area contributed by atoms with Gasteiger partial charge in [-0.05, 0) is 83.9 Å². The van der Waals surface area contributed by atoms with Crippen LogP contribution in [-0.4, -0.2) is 55.6 Å². The van der Waals surface area contributed by atoms with Crippen LogP contribution >= 0.6 is 11.6 Å². The third kappa shape index (κ3) is 7.45. The third-order valence-corrected chi connectivity index (χ3v) is 8.56. The van der Waals surface area contributed by atoms with Crippen LogP contribution in [0, 0.1) is 5.82 Å². The minimum atomic E-state index is -0.554. The second-order valence-corrected chi connectivity index (χ2v) is 13.4. The summed E-state index contributed by atoms with van der Waals surface area (Å²) in [6.45, 7) is 6.28. The van der Waals surface area contributed by atoms with Crippen molar-refractivity contribution in [1.29, 1.82) is 0 Å². The zero-order valence-corrected chi connectivity index (χ0v) is 27.1. The number of fused-ring (bicyclic) bond motifs is 1. The van der Waals surface area contributed by atoms with Crippen LogP contribution < -0.4 is 16.4 Å². The topological polar surface area (TPSA) is 133 Å². The van der Waals surface area contributed by atoms with Crippen molar-refractivity contribution in [1.82, 2.24) is 24.7 Å². The lowest BCUT2D eigenvalue weighted by molar-refractivity contribution is -0.0394. The molecule has 46 heavy (non-hydrogen) atoms. The van der Waals surface area contributed by atoms with E-state index in [2.05, 4.69) is 25.8 Å². The first-order chi connectivity index (χ1) is 22.0. The van der Waals surface area contributed by atoms with Gasteiger partial charge in [-0.2, -0.15) is 10.2 Å². The van der Waals surface area contributed by atoms with E-state index in [4.69, 9.17) is 26.8 Å². The highest BCUT2D eigenvalue weighted by Gasteiger charge is 2.27. The van der Waals surface area contributed by atoms with E-state index in [9.17, 15) is 9.18 Å². The maximum atomic E-state index is 14.0. The van der Waals surface area contributed by atoms with Gasteiger partial charge in [0.05, 0.1) is 39.9 Å². The number of aliphatic imine (C=N–C) groups is 1. The molecule has 1 amide bonds. The fourth-order valence-corrected chi connectivity index (χ4v) is 6.12. The standard InChI is InChI=1S/C33H40ClFN8O3/c1-33(2,3)46-32(44)40-24-10-8-23(9-11-24)39-30-25(31(36)41-27-15-22(35)7-12-26(27)34)17-38-42-18-20(14-28(30)42)21-16-37-43(19-21)29-6-4-5-13-45-29/h7,12,14-19,23-24,29,39H,4-6,8-11,13H2,1-3H3,(H2,36,41)(H,40,44)/t23-,24-,29?. The highest BCUT2D eigenvalue weighted by atomic mass is 35.5. The molecule has 0 spiro atoms. The first-order valence-electron chi connectivity index (χ1n) is 15.8. The Morgan fingerprint density at radius 1 is 1.07 bits per heavy atom. The van der Waals surface area contributed by atoms with Gasteiger partial charge in [-0.3, -0.25) is 0 Å². The fourth-order valence-electron chi connectivity index (χ4n) is 5.96. The van der Waals surface area contributed by atoms with Gasteiger partial charge < -0.3 is 25.8 Å². The van der Waals surface area contributed by atoms with E-state index in [1.807, 2.05) is 50.1 Å². The van der Waals surface area contributed by atoms with E-state index in [0.717, 1.165) is 73.9 Å². The number of amidine groups is 1. The van der Waals surface area contributed by atoms with Crippen LogP contribution in [0.1, 0.15) is 77.5 Å². The van der Waals surface area contributed by atoms with Crippen LogP contribution in [0.25, 0.3) is 16.6 Å². The maximum Gasteiger partial charge on any atom is 0.407 e. The minimum Gasteiger partial charge on any atom is -0.444 e. The molecule has 1 saturated carbocycles. The summed E-state index contributed by atoms with van der Waals surface area (Å²) in [4.78, 5) is 16.8. The Kier molecular flexibility index (Phi) is 9.19. The van der Waals surface area contributed by atoms with Gasteiger partial charge >= 0.3 is 6.09 Å². The summed E-state index contributed by atoms with van der Waals surface area (Å²) in [6, 6.07) is 6.13. The van der Waals surface area contributed by atoms with Crippen LogP contribution in [0.3, 0.4) is 0 Å². The number of aromatic nitrogens is 4. The molecular formula is C33H40ClFN8O3. The first-order valence-corrected chi connectivity index (χ1v) is 16.1. The molecular weight excluding hydrogens is 611 g/mol. The predicted octanol–water partition coefficient (Wildman–Crippen LogP) is 6.97. The first kappa shape index (κ1) is 31.8. The average Bonchev–Trinajstić information content (AvgIpc) is 3.68. The SMILES string of the molecule is CC(C)(C)OC(=O)N[C@H]1CC[C@H](Nc2c(/C(N)=N/c3cc(F)ccc3Cl)cnn3cc(-c4cnn(C5CCCCO5)c4)cc23)CC1. The quantitative estimate of drug-likeness (QED) is 0.145. The summed E-state index contributed by atoms with van der Waals surface area (Å²) in [5.74, 6) is -0.315. The third-order valence-electron chi connectivity index (χ3n) is 8.24. The van der Waals surface area contributed by atoms with Gasteiger partial charge in [0.25, 0.3) is 0 Å². The maximum absolute atomic E-state index is 14.0. The number of halogens is 2. The number of hydrogen-bond acceptors (Lipinski definition) is 7. The molecule has 0 bridgehead atoms. The number of anilines is 1. The molecule has 4 heterocycles. The van der Waals surface area contributed by atoms with E-state index in [0.29, 0.717) is 5.56 Å². The summed E-state index contributed by atoms with van der Waals surface area (Å²) >= 11 is 6.31. The second-order valence-electron chi connectivity index (χ2n) is 13.0. The van der Waals surface area contributed by atoms with Gasteiger partial charge in [0.2, 0.25) is 0 Å². The molecule has 1 atom stereocenters. The van der Waals surface area contributed by atoms with Crippen molar-refractivity contribution in [2.45, 2.75) is 89.6 Å². The van der Waals surface area contributed by atoms with Gasteiger partial charge in [-0.15, -0.1) is 0 Å². The number of amides is 1. The van der Waals surface area contributed by atoms with Crippen LogP contribution in [0.2, 0.25) is 5.02 Å². The minimum absolute atomic E-state index is 0.0242. The summed E-state index contributed by atoms with van der Waals surface area (Å²) < 4.78 is 29.1. The molecule has 2 fully saturated rings. The number of carbonyl (C=O) groups excluding carboxylic acids is 1. The Hall–Kier alpha value is -4.16. The molecule has 1 aromatic carbocycles. The van der Waals surface area contributed by atoms with Crippen molar-refractivity contribution < 1.29 is 18.7 Å². The number of carbonyl (C=O) groups is 1. The lowest BCUT2D eigenvalue weighted by atomic mass is 9.91. The van der Waals surface area contributed by atoms with Gasteiger partial charge in [0.15, 0.2) is 0 Å². The normalized spacial score (nSPS) is 20.9. The predicted molar refractivity (Wildman–Crippen MR) is 176 cm³/mol. The van der Waals surface area contributed by atoms with Crippen molar-refractivity contribution in [2.24, 2.45) is 10.7 Å².